The fourth-order valence-electron chi connectivity index (χ4n) is 1.35. The maximum atomic E-state index is 11.0. The van der Waals surface area contributed by atoms with Gasteiger partial charge in [0.25, 0.3) is 0 Å². The van der Waals surface area contributed by atoms with E-state index in [-0.39, 0.29) is 10.3 Å². The number of amides is 2. The number of urea groups is 1. The number of carbonyl (C=O) groups is 1. The maximum absolute atomic E-state index is 11.0. The van der Waals surface area contributed by atoms with Crippen molar-refractivity contribution in [2.24, 2.45) is 0 Å². The Bertz CT molecular complexity index is 218. The molecule has 0 aliphatic heterocycles. The zero-order valence-corrected chi connectivity index (χ0v) is 14.3. The molecule has 0 saturated heterocycles. The van der Waals surface area contributed by atoms with Gasteiger partial charge in [0, 0.05) is 23.9 Å². The number of unbranched alkanes of at least 4 members (excludes halogenated alkanes) is 1. The predicted octanol–water partition coefficient (Wildman–Crippen LogP) is 2.49. The second-order valence-corrected chi connectivity index (χ2v) is 4.11. The molecule has 0 aliphatic rings. The van der Waals surface area contributed by atoms with Gasteiger partial charge in [0.2, 0.25) is 0 Å². The highest BCUT2D eigenvalue weighted by atomic mass is 16.5. The zero-order valence-electron chi connectivity index (χ0n) is 14.3. The molecule has 2 amide bonds. The van der Waals surface area contributed by atoms with E-state index in [0.717, 1.165) is 13.1 Å². The minimum absolute atomic E-state index is 0. The molecule has 21 heavy (non-hydrogen) atoms. The average Bonchev–Trinajstić information content (AvgIpc) is 2.51. The lowest BCUT2D eigenvalue weighted by Crippen LogP contribution is -2.37. The number of nitrogens with one attached hydrogen (secondary N) is 3. The maximum Gasteiger partial charge on any atom is 0.314 e. The van der Waals surface area contributed by atoms with Crippen LogP contribution in [0.3, 0.4) is 0 Å². The lowest BCUT2D eigenvalue weighted by Gasteiger charge is -2.08. The highest BCUT2D eigenvalue weighted by Crippen LogP contribution is 1.82. The van der Waals surface area contributed by atoms with E-state index in [1.165, 1.54) is 12.8 Å². The minimum atomic E-state index is -0.152. The van der Waals surface area contributed by atoms with Crippen LogP contribution in [0.1, 0.15) is 44.8 Å². The number of ether oxygens (including phenoxy) is 2. The third kappa shape index (κ3) is 21.6. The molecule has 0 aliphatic carbocycles. The van der Waals surface area contributed by atoms with Gasteiger partial charge >= 0.3 is 6.03 Å². The molecule has 0 radical (unpaired) electrons. The number of rotatable bonds is 13. The van der Waals surface area contributed by atoms with Crippen molar-refractivity contribution in [2.45, 2.75) is 40.5 Å². The summed E-state index contributed by atoms with van der Waals surface area (Å²) in [6.45, 7) is 13.5. The minimum Gasteiger partial charge on any atom is -0.378 e. The Balaban J connectivity index is -0.000000231. The summed E-state index contributed by atoms with van der Waals surface area (Å²) in [5, 5.41) is 8.64. The second-order valence-electron chi connectivity index (χ2n) is 4.11. The van der Waals surface area contributed by atoms with Crippen LogP contribution in [0.5, 0.6) is 0 Å². The van der Waals surface area contributed by atoms with Crippen molar-refractivity contribution in [1.29, 1.82) is 0 Å². The number of hydrogen-bond donors (Lipinski definition) is 3. The highest BCUT2D eigenvalue weighted by Gasteiger charge is 1.96. The molecule has 0 bridgehead atoms. The molecule has 6 nitrogen and oxygen atoms in total. The molecule has 0 rings (SSSR count). The van der Waals surface area contributed by atoms with Gasteiger partial charge in [-0.3, -0.25) is 0 Å². The first-order valence-electron chi connectivity index (χ1n) is 8.19. The Morgan fingerprint density at radius 1 is 0.905 bits per heavy atom. The Kier molecular flexibility index (Phi) is 22.9. The first kappa shape index (κ1) is 22.4. The van der Waals surface area contributed by atoms with Gasteiger partial charge in [0.15, 0.2) is 0 Å². The normalized spacial score (nSPS) is 9.71. The summed E-state index contributed by atoms with van der Waals surface area (Å²) < 4.78 is 10.7. The Hall–Kier alpha value is -0.850. The largest absolute Gasteiger partial charge is 0.378 e. The van der Waals surface area contributed by atoms with Crippen LogP contribution in [-0.2, 0) is 9.47 Å². The molecule has 0 heterocycles. The van der Waals surface area contributed by atoms with Gasteiger partial charge in [0.05, 0.1) is 26.4 Å². The topological polar surface area (TPSA) is 71.6 Å². The van der Waals surface area contributed by atoms with Crippen molar-refractivity contribution in [1.82, 2.24) is 16.0 Å². The van der Waals surface area contributed by atoms with E-state index in [2.05, 4.69) is 22.9 Å². The summed E-state index contributed by atoms with van der Waals surface area (Å²) in [5.41, 5.74) is 0. The van der Waals surface area contributed by atoms with Crippen LogP contribution in [0.25, 0.3) is 0 Å². The third-order valence-electron chi connectivity index (χ3n) is 2.37. The summed E-state index contributed by atoms with van der Waals surface area (Å²) in [5.74, 6) is 0. The highest BCUT2D eigenvalue weighted by molar-refractivity contribution is 5.73. The quantitative estimate of drug-likeness (QED) is 0.457. The van der Waals surface area contributed by atoms with Gasteiger partial charge in [-0.1, -0.05) is 27.2 Å². The van der Waals surface area contributed by atoms with E-state index < -0.39 is 0 Å². The van der Waals surface area contributed by atoms with Gasteiger partial charge in [0.1, 0.15) is 0 Å². The van der Waals surface area contributed by atoms with Crippen LogP contribution in [0, 0.1) is 0 Å². The lowest BCUT2D eigenvalue weighted by atomic mass is 10.3. The van der Waals surface area contributed by atoms with Gasteiger partial charge in [-0.2, -0.15) is 0 Å². The fourth-order valence-corrected chi connectivity index (χ4v) is 1.35. The molecule has 0 aromatic carbocycles. The molecule has 0 aromatic rings. The summed E-state index contributed by atoms with van der Waals surface area (Å²) >= 11 is 0. The molecule has 6 heteroatoms. The smallest absolute Gasteiger partial charge is 0.314 e. The SMILES string of the molecule is CC.CCCCNCCOCCOCCNC(=O)NCC.[HH].[HH].[HH]. The van der Waals surface area contributed by atoms with Crippen LogP contribution in [0.4, 0.5) is 4.79 Å². The first-order valence-corrected chi connectivity index (χ1v) is 8.19. The molecule has 0 aromatic heterocycles. The van der Waals surface area contributed by atoms with Gasteiger partial charge in [-0.25, -0.2) is 4.79 Å². The molecule has 0 spiro atoms. The molecule has 0 saturated carbocycles. The lowest BCUT2D eigenvalue weighted by molar-refractivity contribution is 0.0505. The van der Waals surface area contributed by atoms with Gasteiger partial charge in [-0.05, 0) is 19.9 Å². The summed E-state index contributed by atoms with van der Waals surface area (Å²) in [7, 11) is 0. The Morgan fingerprint density at radius 2 is 1.52 bits per heavy atom. The van der Waals surface area contributed by atoms with Crippen molar-refractivity contribution in [3.63, 3.8) is 0 Å². The predicted molar refractivity (Wildman–Crippen MR) is 94.2 cm³/mol. The standard InChI is InChI=1S/C13H29N3O3.C2H6.3H2/c1-3-5-6-14-7-9-18-11-12-19-10-8-16-13(17)15-4-2;1-2;;;/h14H,3-12H2,1-2H3,(H2,15,16,17);1-2H3;3*1H. The average molecular weight is 312 g/mol. The van der Waals surface area contributed by atoms with E-state index in [9.17, 15) is 4.79 Å². The van der Waals surface area contributed by atoms with Crippen LogP contribution in [0.15, 0.2) is 0 Å². The Labute approximate surface area is 134 Å². The monoisotopic (exact) mass is 311 g/mol. The molecule has 0 atom stereocenters. The van der Waals surface area contributed by atoms with Crippen molar-refractivity contribution in [2.75, 3.05) is 52.6 Å². The van der Waals surface area contributed by atoms with Crippen LogP contribution in [-0.4, -0.2) is 58.6 Å². The zero-order chi connectivity index (χ0) is 16.2. The second kappa shape index (κ2) is 21.4. The molecule has 0 fully saturated rings. The van der Waals surface area contributed by atoms with E-state index in [1.807, 2.05) is 20.8 Å². The van der Waals surface area contributed by atoms with E-state index >= 15 is 0 Å². The summed E-state index contributed by atoms with van der Waals surface area (Å²) in [6.07, 6.45) is 2.42. The number of carbonyl (C=O) groups excluding carboxylic acids is 1. The molecular weight excluding hydrogens is 270 g/mol. The van der Waals surface area contributed by atoms with Crippen molar-refractivity contribution in [3.8, 4) is 0 Å². The first-order chi connectivity index (χ1) is 10.3. The van der Waals surface area contributed by atoms with Crippen LogP contribution in [0.2, 0.25) is 0 Å². The third-order valence-corrected chi connectivity index (χ3v) is 2.37. The van der Waals surface area contributed by atoms with Gasteiger partial charge in [-0.15, -0.1) is 0 Å². The molecule has 134 valence electrons. The molecule has 3 N–H and O–H groups in total. The van der Waals surface area contributed by atoms with Crippen LogP contribution >= 0.6 is 0 Å². The fraction of sp³-hybridized carbons (Fsp3) is 0.933. The van der Waals surface area contributed by atoms with Crippen molar-refractivity contribution in [3.05, 3.63) is 0 Å². The van der Waals surface area contributed by atoms with Crippen LogP contribution < -0.4 is 16.0 Å². The van der Waals surface area contributed by atoms with Crippen molar-refractivity contribution >= 4 is 6.03 Å². The summed E-state index contributed by atoms with van der Waals surface area (Å²) in [6, 6.07) is -0.152. The van der Waals surface area contributed by atoms with E-state index in [4.69, 9.17) is 9.47 Å². The van der Waals surface area contributed by atoms with E-state index in [1.54, 1.807) is 0 Å². The summed E-state index contributed by atoms with van der Waals surface area (Å²) in [4.78, 5) is 11.0. The molecule has 0 unspecified atom stereocenters. The molecular formula is C15H41N3O3. The van der Waals surface area contributed by atoms with E-state index in [0.29, 0.717) is 39.5 Å². The number of hydrogen-bond acceptors (Lipinski definition) is 4. The Morgan fingerprint density at radius 3 is 2.10 bits per heavy atom. The van der Waals surface area contributed by atoms with Gasteiger partial charge < -0.3 is 25.4 Å². The van der Waals surface area contributed by atoms with Crippen molar-refractivity contribution < 1.29 is 18.5 Å².